The van der Waals surface area contributed by atoms with Gasteiger partial charge in [0.2, 0.25) is 5.67 Å². The van der Waals surface area contributed by atoms with Crippen LogP contribution < -0.4 is 4.74 Å². The molecule has 1 fully saturated rings. The topological polar surface area (TPSA) is 49.8 Å². The normalized spacial score (nSPS) is 23.6. The largest absolute Gasteiger partial charge is 0.479 e. The quantitative estimate of drug-likeness (QED) is 0.729. The Hall–Kier alpha value is -2.09. The lowest BCUT2D eigenvalue weighted by Crippen LogP contribution is -2.63. The fourth-order valence-corrected chi connectivity index (χ4v) is 3.42. The van der Waals surface area contributed by atoms with Gasteiger partial charge in [-0.1, -0.05) is 24.6 Å². The lowest BCUT2D eigenvalue weighted by molar-refractivity contribution is -0.163. The number of aliphatic carboxylic acids is 1. The molecule has 1 aromatic carbocycles. The summed E-state index contributed by atoms with van der Waals surface area (Å²) >= 11 is 0. The van der Waals surface area contributed by atoms with E-state index in [0.717, 1.165) is 16.7 Å². The first-order valence-electron chi connectivity index (χ1n) is 8.70. The van der Waals surface area contributed by atoms with Crippen LogP contribution in [-0.4, -0.2) is 60.5 Å². The number of carbonyl (C=O) groups is 1. The molecule has 1 aliphatic carbocycles. The van der Waals surface area contributed by atoms with Crippen LogP contribution in [0.2, 0.25) is 0 Å². The van der Waals surface area contributed by atoms with Crippen LogP contribution in [0.1, 0.15) is 18.1 Å². The molecule has 27 heavy (non-hydrogen) atoms. The highest BCUT2D eigenvalue weighted by Gasteiger charge is 2.50. The molecule has 1 N–H and O–H groups in total. The maximum Gasteiger partial charge on any atom is 0.344 e. The molecule has 3 atom stereocenters. The Bertz CT molecular complexity index is 748. The molecule has 4 nitrogen and oxygen atoms in total. The first-order valence-corrected chi connectivity index (χ1v) is 8.70. The Morgan fingerprint density at radius 3 is 2.74 bits per heavy atom. The molecular formula is C19H21F4NO3. The van der Waals surface area contributed by atoms with Crippen LogP contribution in [0, 0.1) is 5.92 Å². The highest BCUT2D eigenvalue weighted by atomic mass is 19.2. The molecule has 0 aromatic heterocycles. The van der Waals surface area contributed by atoms with Gasteiger partial charge in [-0.3, -0.25) is 4.90 Å². The summed E-state index contributed by atoms with van der Waals surface area (Å²) in [6.07, 6.45) is -2.11. The zero-order valence-electron chi connectivity index (χ0n) is 14.8. The molecule has 2 aliphatic rings. The molecule has 0 saturated carbocycles. The van der Waals surface area contributed by atoms with E-state index >= 15 is 0 Å². The average molecular weight is 387 g/mol. The first-order chi connectivity index (χ1) is 12.7. The van der Waals surface area contributed by atoms with Crippen LogP contribution in [0.25, 0.3) is 6.08 Å². The van der Waals surface area contributed by atoms with Gasteiger partial charge in [-0.15, -0.1) is 0 Å². The van der Waals surface area contributed by atoms with Gasteiger partial charge in [0, 0.05) is 19.6 Å². The van der Waals surface area contributed by atoms with Gasteiger partial charge in [0.15, 0.2) is 6.17 Å². The minimum Gasteiger partial charge on any atom is -0.479 e. The summed E-state index contributed by atoms with van der Waals surface area (Å²) in [5, 5.41) is 8.84. The van der Waals surface area contributed by atoms with Gasteiger partial charge in [-0.25, -0.2) is 18.0 Å². The Balaban J connectivity index is 1.67. The lowest BCUT2D eigenvalue weighted by atomic mass is 9.83. The molecule has 0 bridgehead atoms. The number of halogens is 4. The van der Waals surface area contributed by atoms with E-state index in [1.54, 1.807) is 17.0 Å². The number of ether oxygens (including phenoxy) is 1. The smallest absolute Gasteiger partial charge is 0.344 e. The summed E-state index contributed by atoms with van der Waals surface area (Å²) in [6.45, 7) is 0.741. The number of alkyl halides is 4. The highest BCUT2D eigenvalue weighted by Crippen LogP contribution is 2.34. The van der Waals surface area contributed by atoms with Crippen molar-refractivity contribution in [2.75, 3.05) is 26.3 Å². The molecule has 1 aromatic rings. The predicted octanol–water partition coefficient (Wildman–Crippen LogP) is 3.35. The van der Waals surface area contributed by atoms with E-state index in [-0.39, 0.29) is 24.8 Å². The Kier molecular flexibility index (Phi) is 5.46. The fraction of sp³-hybridized carbons (Fsp3) is 0.526. The lowest BCUT2D eigenvalue weighted by Gasteiger charge is -2.42. The van der Waals surface area contributed by atoms with Gasteiger partial charge in [0.05, 0.1) is 0 Å². The molecule has 8 heteroatoms. The molecule has 2 unspecified atom stereocenters. The van der Waals surface area contributed by atoms with Crippen LogP contribution in [0.15, 0.2) is 23.8 Å². The Morgan fingerprint density at radius 2 is 2.11 bits per heavy atom. The minimum atomic E-state index is -2.36. The van der Waals surface area contributed by atoms with Crippen molar-refractivity contribution in [3.8, 4) is 5.75 Å². The van der Waals surface area contributed by atoms with Crippen LogP contribution in [0.3, 0.4) is 0 Å². The second-order valence-electron chi connectivity index (χ2n) is 7.24. The predicted molar refractivity (Wildman–Crippen MR) is 91.6 cm³/mol. The number of benzene rings is 1. The third kappa shape index (κ3) is 4.10. The maximum atomic E-state index is 13.8. The average Bonchev–Trinajstić information content (AvgIpc) is 2.59. The second kappa shape index (κ2) is 7.50. The SMILES string of the molecule is C[C@H]1Cc2cc(OC(F)C(F)CF)ccc2C=C1CN1CC(F)(C(=O)O)C1. The van der Waals surface area contributed by atoms with Gasteiger partial charge in [-0.2, -0.15) is 4.39 Å². The number of likely N-dealkylation sites (tertiary alicyclic amines) is 1. The van der Waals surface area contributed by atoms with Crippen molar-refractivity contribution in [2.24, 2.45) is 5.92 Å². The van der Waals surface area contributed by atoms with Gasteiger partial charge < -0.3 is 9.84 Å². The van der Waals surface area contributed by atoms with Gasteiger partial charge >= 0.3 is 5.97 Å². The van der Waals surface area contributed by atoms with Crippen molar-refractivity contribution in [1.82, 2.24) is 4.90 Å². The van der Waals surface area contributed by atoms with Gasteiger partial charge in [-0.05, 0) is 35.6 Å². The fourth-order valence-electron chi connectivity index (χ4n) is 3.42. The van der Waals surface area contributed by atoms with Gasteiger partial charge in [0.25, 0.3) is 6.36 Å². The van der Waals surface area contributed by atoms with Gasteiger partial charge in [0.1, 0.15) is 12.4 Å². The van der Waals surface area contributed by atoms with Crippen molar-refractivity contribution >= 4 is 12.0 Å². The standard InChI is InChI=1S/C19H21F4NO3/c1-11-4-13-6-15(27-17(22)16(21)7-20)3-2-12(13)5-14(11)8-24-9-19(23,10-24)18(25)26/h2-3,5-6,11,16-17H,4,7-10H2,1H3,(H,25,26)/t11-,16?,17?/m0/s1. The zero-order chi connectivity index (χ0) is 19.8. The summed E-state index contributed by atoms with van der Waals surface area (Å²) in [5.74, 6) is -1.18. The molecule has 0 spiro atoms. The number of nitrogens with zero attached hydrogens (tertiary/aromatic N) is 1. The van der Waals surface area contributed by atoms with E-state index in [9.17, 15) is 22.4 Å². The van der Waals surface area contributed by atoms with Crippen LogP contribution in [0.4, 0.5) is 17.6 Å². The third-order valence-electron chi connectivity index (χ3n) is 5.03. The molecule has 1 saturated heterocycles. The number of carboxylic acid groups (broad SMARTS) is 1. The number of hydrogen-bond acceptors (Lipinski definition) is 3. The molecule has 1 heterocycles. The highest BCUT2D eigenvalue weighted by molar-refractivity contribution is 5.79. The van der Waals surface area contributed by atoms with Crippen molar-refractivity contribution in [1.29, 1.82) is 0 Å². The van der Waals surface area contributed by atoms with Crippen LogP contribution >= 0.6 is 0 Å². The number of carboxylic acids is 1. The zero-order valence-corrected chi connectivity index (χ0v) is 14.8. The number of hydrogen-bond donors (Lipinski definition) is 1. The number of rotatable bonds is 7. The van der Waals surface area contributed by atoms with E-state index in [1.807, 2.05) is 13.0 Å². The monoisotopic (exact) mass is 387 g/mol. The molecule has 0 amide bonds. The molecular weight excluding hydrogens is 366 g/mol. The summed E-state index contributed by atoms with van der Waals surface area (Å²) in [7, 11) is 0. The van der Waals surface area contributed by atoms with Crippen LogP contribution in [0.5, 0.6) is 5.75 Å². The molecule has 148 valence electrons. The van der Waals surface area contributed by atoms with E-state index in [1.165, 1.54) is 6.07 Å². The summed E-state index contributed by atoms with van der Waals surface area (Å²) in [4.78, 5) is 12.6. The minimum absolute atomic E-state index is 0.119. The Morgan fingerprint density at radius 1 is 1.41 bits per heavy atom. The first kappa shape index (κ1) is 19.7. The second-order valence-corrected chi connectivity index (χ2v) is 7.24. The van der Waals surface area contributed by atoms with E-state index < -0.39 is 30.8 Å². The van der Waals surface area contributed by atoms with E-state index in [0.29, 0.717) is 13.0 Å². The third-order valence-corrected chi connectivity index (χ3v) is 5.03. The summed E-state index contributed by atoms with van der Waals surface area (Å²) < 4.78 is 57.3. The van der Waals surface area contributed by atoms with Crippen molar-refractivity contribution < 1.29 is 32.2 Å². The van der Waals surface area contributed by atoms with Crippen molar-refractivity contribution in [2.45, 2.75) is 31.5 Å². The molecule has 0 radical (unpaired) electrons. The van der Waals surface area contributed by atoms with Crippen LogP contribution in [-0.2, 0) is 11.2 Å². The molecule has 3 rings (SSSR count). The Labute approximate surface area is 154 Å². The van der Waals surface area contributed by atoms with E-state index in [4.69, 9.17) is 9.84 Å². The van der Waals surface area contributed by atoms with E-state index in [2.05, 4.69) is 0 Å². The summed E-state index contributed by atoms with van der Waals surface area (Å²) in [5.41, 5.74) is 0.659. The van der Waals surface area contributed by atoms with Crippen molar-refractivity contribution in [3.63, 3.8) is 0 Å². The maximum absolute atomic E-state index is 13.8. The summed E-state index contributed by atoms with van der Waals surface area (Å²) in [6, 6.07) is 4.80. The molecule has 1 aliphatic heterocycles. The van der Waals surface area contributed by atoms with Crippen molar-refractivity contribution in [3.05, 3.63) is 34.9 Å². The number of fused-ring (bicyclic) bond motifs is 1.